The number of likely N-dealkylation sites (tertiary alicyclic amines) is 1. The number of benzene rings is 1. The maximum Gasteiger partial charge on any atom is 0.306 e. The van der Waals surface area contributed by atoms with Gasteiger partial charge < -0.3 is 15.3 Å². The number of piperidine rings is 1. The molecule has 2 N–H and O–H groups in total. The third-order valence-corrected chi connectivity index (χ3v) is 4.93. The Bertz CT molecular complexity index is 701. The average molecular weight is 346 g/mol. The van der Waals surface area contributed by atoms with Crippen LogP contribution < -0.4 is 5.32 Å². The van der Waals surface area contributed by atoms with E-state index in [-0.39, 0.29) is 24.7 Å². The fourth-order valence-corrected chi connectivity index (χ4v) is 3.62. The van der Waals surface area contributed by atoms with E-state index < -0.39 is 17.6 Å². The Morgan fingerprint density at radius 2 is 2.00 bits per heavy atom. The summed E-state index contributed by atoms with van der Waals surface area (Å²) in [6.45, 7) is 7.45. The molecule has 0 bridgehead atoms. The molecule has 1 saturated heterocycles. The van der Waals surface area contributed by atoms with Crippen molar-refractivity contribution in [2.24, 2.45) is 5.92 Å². The quantitative estimate of drug-likeness (QED) is 0.873. The van der Waals surface area contributed by atoms with Crippen molar-refractivity contribution in [2.45, 2.75) is 52.6 Å². The number of nitrogens with zero attached hydrogens (tertiary/aromatic N) is 1. The molecular weight excluding hydrogens is 320 g/mol. The van der Waals surface area contributed by atoms with Crippen LogP contribution in [-0.2, 0) is 20.8 Å². The minimum absolute atomic E-state index is 0.168. The zero-order valence-electron chi connectivity index (χ0n) is 15.3. The highest BCUT2D eigenvalue weighted by Gasteiger charge is 2.43. The first-order chi connectivity index (χ1) is 11.6. The summed E-state index contributed by atoms with van der Waals surface area (Å²) in [5.41, 5.74) is 2.11. The lowest BCUT2D eigenvalue weighted by Crippen LogP contribution is -2.64. The van der Waals surface area contributed by atoms with Crippen molar-refractivity contribution in [3.63, 3.8) is 0 Å². The molecule has 136 valence electrons. The Morgan fingerprint density at radius 3 is 2.56 bits per heavy atom. The van der Waals surface area contributed by atoms with Gasteiger partial charge in [0, 0.05) is 19.9 Å². The minimum atomic E-state index is -0.983. The Labute approximate surface area is 148 Å². The lowest BCUT2D eigenvalue weighted by Gasteiger charge is -2.46. The molecular formula is C19H26N2O4. The van der Waals surface area contributed by atoms with Crippen molar-refractivity contribution in [2.75, 3.05) is 6.54 Å². The molecule has 0 spiro atoms. The van der Waals surface area contributed by atoms with E-state index in [0.29, 0.717) is 13.0 Å². The number of aliphatic carboxylic acids is 1. The van der Waals surface area contributed by atoms with Gasteiger partial charge in [0.25, 0.3) is 0 Å². The first kappa shape index (κ1) is 19.0. The van der Waals surface area contributed by atoms with Crippen molar-refractivity contribution in [1.29, 1.82) is 0 Å². The summed E-state index contributed by atoms with van der Waals surface area (Å²) in [6.07, 6.45) is 0.809. The van der Waals surface area contributed by atoms with E-state index in [0.717, 1.165) is 16.7 Å². The Hall–Kier alpha value is -2.37. The number of rotatable bonds is 4. The molecule has 0 radical (unpaired) electrons. The third kappa shape index (κ3) is 4.38. The average Bonchev–Trinajstić information content (AvgIpc) is 2.49. The largest absolute Gasteiger partial charge is 0.481 e. The zero-order valence-corrected chi connectivity index (χ0v) is 15.3. The number of carboxylic acid groups (broad SMARTS) is 1. The Morgan fingerprint density at radius 1 is 1.32 bits per heavy atom. The van der Waals surface area contributed by atoms with E-state index in [2.05, 4.69) is 5.32 Å². The molecule has 0 aromatic heterocycles. The monoisotopic (exact) mass is 346 g/mol. The molecule has 1 aliphatic rings. The van der Waals surface area contributed by atoms with Crippen LogP contribution in [0.1, 0.15) is 43.4 Å². The topological polar surface area (TPSA) is 86.7 Å². The number of carboxylic acids is 1. The second kappa shape index (κ2) is 7.25. The molecule has 2 atom stereocenters. The predicted molar refractivity (Wildman–Crippen MR) is 93.9 cm³/mol. The van der Waals surface area contributed by atoms with Crippen LogP contribution in [-0.4, -0.2) is 40.0 Å². The van der Waals surface area contributed by atoms with Crippen molar-refractivity contribution in [1.82, 2.24) is 10.2 Å². The van der Waals surface area contributed by atoms with E-state index in [1.807, 2.05) is 32.0 Å². The van der Waals surface area contributed by atoms with Crippen LogP contribution >= 0.6 is 0 Å². The lowest BCUT2D eigenvalue weighted by molar-refractivity contribution is -0.154. The van der Waals surface area contributed by atoms with Crippen LogP contribution in [0.15, 0.2) is 18.2 Å². The summed E-state index contributed by atoms with van der Waals surface area (Å²) in [7, 11) is 0. The second-order valence-electron chi connectivity index (χ2n) is 7.13. The normalized spacial score (nSPS) is 23.2. The van der Waals surface area contributed by atoms with Gasteiger partial charge in [-0.3, -0.25) is 14.4 Å². The molecule has 0 saturated carbocycles. The van der Waals surface area contributed by atoms with Gasteiger partial charge in [-0.1, -0.05) is 23.8 Å². The number of nitrogens with one attached hydrogen (secondary N) is 1. The summed E-state index contributed by atoms with van der Waals surface area (Å²) >= 11 is 0. The summed E-state index contributed by atoms with van der Waals surface area (Å²) in [4.78, 5) is 37.4. The number of aryl methyl sites for hydroxylation is 2. The van der Waals surface area contributed by atoms with Gasteiger partial charge in [0.05, 0.1) is 12.3 Å². The fraction of sp³-hybridized carbons (Fsp3) is 0.526. The standard InChI is InChI=1S/C19H26N2O4/c1-12-5-6-15(13(2)9-12)10-17(23)20-19(4)11-16(18(24)25)7-8-21(19)14(3)22/h5-6,9,16H,7-8,10-11H2,1-4H3,(H,20,23)(H,24,25). The van der Waals surface area contributed by atoms with Gasteiger partial charge in [0.1, 0.15) is 5.66 Å². The van der Waals surface area contributed by atoms with E-state index in [4.69, 9.17) is 0 Å². The van der Waals surface area contributed by atoms with Crippen molar-refractivity contribution < 1.29 is 19.5 Å². The minimum Gasteiger partial charge on any atom is -0.481 e. The van der Waals surface area contributed by atoms with Crippen molar-refractivity contribution >= 4 is 17.8 Å². The van der Waals surface area contributed by atoms with Gasteiger partial charge in [-0.2, -0.15) is 0 Å². The Kier molecular flexibility index (Phi) is 5.50. The second-order valence-corrected chi connectivity index (χ2v) is 7.13. The van der Waals surface area contributed by atoms with Crippen LogP contribution in [0.3, 0.4) is 0 Å². The first-order valence-electron chi connectivity index (χ1n) is 8.50. The maximum atomic E-state index is 12.6. The molecule has 2 rings (SSSR count). The van der Waals surface area contributed by atoms with Gasteiger partial charge in [0.2, 0.25) is 11.8 Å². The number of carbonyl (C=O) groups is 3. The fourth-order valence-electron chi connectivity index (χ4n) is 3.62. The molecule has 1 aliphatic heterocycles. The molecule has 1 fully saturated rings. The zero-order chi connectivity index (χ0) is 18.8. The van der Waals surface area contributed by atoms with Crippen LogP contribution in [0.5, 0.6) is 0 Å². The highest BCUT2D eigenvalue weighted by molar-refractivity contribution is 5.82. The van der Waals surface area contributed by atoms with Crippen LogP contribution in [0.2, 0.25) is 0 Å². The van der Waals surface area contributed by atoms with E-state index in [9.17, 15) is 19.5 Å². The molecule has 6 heteroatoms. The van der Waals surface area contributed by atoms with Gasteiger partial charge in [-0.15, -0.1) is 0 Å². The molecule has 2 amide bonds. The molecule has 2 unspecified atom stereocenters. The number of hydrogen-bond acceptors (Lipinski definition) is 3. The van der Waals surface area contributed by atoms with Gasteiger partial charge in [0.15, 0.2) is 0 Å². The lowest BCUT2D eigenvalue weighted by atomic mass is 9.86. The van der Waals surface area contributed by atoms with Gasteiger partial charge in [-0.25, -0.2) is 0 Å². The molecule has 1 aromatic carbocycles. The molecule has 1 aromatic rings. The maximum absolute atomic E-state index is 12.6. The van der Waals surface area contributed by atoms with Gasteiger partial charge >= 0.3 is 5.97 Å². The molecule has 25 heavy (non-hydrogen) atoms. The molecule has 1 heterocycles. The highest BCUT2D eigenvalue weighted by Crippen LogP contribution is 2.30. The van der Waals surface area contributed by atoms with E-state index >= 15 is 0 Å². The number of amides is 2. The Balaban J connectivity index is 2.16. The van der Waals surface area contributed by atoms with Crippen molar-refractivity contribution in [3.8, 4) is 0 Å². The first-order valence-corrected chi connectivity index (χ1v) is 8.50. The highest BCUT2D eigenvalue weighted by atomic mass is 16.4. The summed E-state index contributed by atoms with van der Waals surface area (Å²) < 4.78 is 0. The van der Waals surface area contributed by atoms with Crippen LogP contribution in [0.25, 0.3) is 0 Å². The number of carbonyl (C=O) groups excluding carboxylic acids is 2. The third-order valence-electron chi connectivity index (χ3n) is 4.93. The number of hydrogen-bond donors (Lipinski definition) is 2. The van der Waals surface area contributed by atoms with E-state index in [1.165, 1.54) is 6.92 Å². The van der Waals surface area contributed by atoms with Crippen LogP contribution in [0, 0.1) is 19.8 Å². The molecule has 0 aliphatic carbocycles. The summed E-state index contributed by atoms with van der Waals surface area (Å²) in [6, 6.07) is 5.91. The van der Waals surface area contributed by atoms with E-state index in [1.54, 1.807) is 11.8 Å². The van der Waals surface area contributed by atoms with Crippen LogP contribution in [0.4, 0.5) is 0 Å². The van der Waals surface area contributed by atoms with Crippen molar-refractivity contribution in [3.05, 3.63) is 34.9 Å². The molecule has 6 nitrogen and oxygen atoms in total. The summed E-state index contributed by atoms with van der Waals surface area (Å²) in [5.74, 6) is -1.84. The SMILES string of the molecule is CC(=O)N1CCC(C(=O)O)CC1(C)NC(=O)Cc1ccc(C)cc1C. The summed E-state index contributed by atoms with van der Waals surface area (Å²) in [5, 5.41) is 12.2. The smallest absolute Gasteiger partial charge is 0.306 e. The van der Waals surface area contributed by atoms with Gasteiger partial charge in [-0.05, 0) is 38.3 Å². The predicted octanol–water partition coefficient (Wildman–Crippen LogP) is 2.02.